The Bertz CT molecular complexity index is 477. The first-order valence-corrected chi connectivity index (χ1v) is 4.18. The summed E-state index contributed by atoms with van der Waals surface area (Å²) in [6.45, 7) is 0. The lowest BCUT2D eigenvalue weighted by molar-refractivity contribution is -0.117. The van der Waals surface area contributed by atoms with E-state index < -0.39 is 5.91 Å². The van der Waals surface area contributed by atoms with Crippen molar-refractivity contribution >= 4 is 17.7 Å². The van der Waals surface area contributed by atoms with Gasteiger partial charge >= 0.3 is 0 Å². The first-order chi connectivity index (χ1) is 7.24. The lowest BCUT2D eigenvalue weighted by Gasteiger charge is -1.93. The van der Waals surface area contributed by atoms with Crippen LogP contribution in [0.4, 0.5) is 5.69 Å². The molecule has 0 saturated heterocycles. The Hall–Kier alpha value is -2.37. The van der Waals surface area contributed by atoms with Crippen LogP contribution in [0.15, 0.2) is 29.3 Å². The van der Waals surface area contributed by atoms with Gasteiger partial charge in [-0.3, -0.25) is 4.79 Å². The highest BCUT2D eigenvalue weighted by atomic mass is 16.1. The van der Waals surface area contributed by atoms with Gasteiger partial charge in [-0.25, -0.2) is 4.79 Å². The van der Waals surface area contributed by atoms with Crippen molar-refractivity contribution in [1.82, 2.24) is 0 Å². The highest BCUT2D eigenvalue weighted by molar-refractivity contribution is 5.76. The molecule has 1 amide bonds. The van der Waals surface area contributed by atoms with Crippen molar-refractivity contribution in [2.75, 3.05) is 0 Å². The smallest absolute Gasteiger partial charge is 0.240 e. The second-order valence-corrected chi connectivity index (χ2v) is 2.67. The van der Waals surface area contributed by atoms with Gasteiger partial charge in [0.05, 0.1) is 17.7 Å². The molecular formula is C11H8N2O2. The van der Waals surface area contributed by atoms with Crippen LogP contribution in [0.2, 0.25) is 0 Å². The summed E-state index contributed by atoms with van der Waals surface area (Å²) in [6.07, 6.45) is 1.42. The highest BCUT2D eigenvalue weighted by Gasteiger charge is 1.95. The minimum Gasteiger partial charge on any atom is -0.369 e. The molecule has 2 N–H and O–H groups in total. The number of benzene rings is 1. The van der Waals surface area contributed by atoms with Crippen LogP contribution < -0.4 is 5.73 Å². The maximum atomic E-state index is 10.4. The number of para-hydroxylation sites is 1. The number of rotatable bonds is 2. The minimum atomic E-state index is -0.487. The standard InChI is InChI=1S/C11H8N2O2/c12-11(15)7-3-5-9-4-1-2-6-10(9)13-8-14/h1-2,4,6H,7H2,(H2,12,15). The van der Waals surface area contributed by atoms with Crippen LogP contribution in [0.3, 0.4) is 0 Å². The fraction of sp³-hybridized carbons (Fsp3) is 0.0909. The van der Waals surface area contributed by atoms with Crippen molar-refractivity contribution < 1.29 is 9.59 Å². The van der Waals surface area contributed by atoms with Crippen molar-refractivity contribution in [2.24, 2.45) is 10.7 Å². The Morgan fingerprint density at radius 2 is 2.13 bits per heavy atom. The maximum Gasteiger partial charge on any atom is 0.240 e. The van der Waals surface area contributed by atoms with Gasteiger partial charge in [0.1, 0.15) is 0 Å². The van der Waals surface area contributed by atoms with Crippen LogP contribution in [0.1, 0.15) is 12.0 Å². The summed E-state index contributed by atoms with van der Waals surface area (Å²) in [5.74, 6) is 4.80. The number of carbonyl (C=O) groups is 1. The van der Waals surface area contributed by atoms with E-state index in [1.54, 1.807) is 24.3 Å². The summed E-state index contributed by atoms with van der Waals surface area (Å²) in [6, 6.07) is 6.83. The molecule has 0 fully saturated rings. The number of carbonyl (C=O) groups excluding carboxylic acids is 2. The van der Waals surface area contributed by atoms with E-state index in [0.29, 0.717) is 11.3 Å². The zero-order valence-corrected chi connectivity index (χ0v) is 7.86. The average molecular weight is 200 g/mol. The number of hydrogen-bond donors (Lipinski definition) is 1. The SMILES string of the molecule is NC(=O)CC#Cc1ccccc1N=C=O. The molecule has 0 atom stereocenters. The second kappa shape index (κ2) is 5.38. The van der Waals surface area contributed by atoms with E-state index in [4.69, 9.17) is 5.73 Å². The van der Waals surface area contributed by atoms with E-state index >= 15 is 0 Å². The molecule has 0 aliphatic rings. The predicted octanol–water partition coefficient (Wildman–Crippen LogP) is 0.881. The van der Waals surface area contributed by atoms with Crippen molar-refractivity contribution in [3.8, 4) is 11.8 Å². The fourth-order valence-corrected chi connectivity index (χ4v) is 0.953. The van der Waals surface area contributed by atoms with Gasteiger partial charge < -0.3 is 5.73 Å². The number of isocyanates is 1. The Morgan fingerprint density at radius 1 is 1.40 bits per heavy atom. The molecule has 1 rings (SSSR count). The molecule has 0 radical (unpaired) electrons. The molecule has 0 aliphatic carbocycles. The molecule has 4 nitrogen and oxygen atoms in total. The van der Waals surface area contributed by atoms with E-state index in [1.165, 1.54) is 6.08 Å². The van der Waals surface area contributed by atoms with Crippen LogP contribution in [0.5, 0.6) is 0 Å². The first-order valence-electron chi connectivity index (χ1n) is 4.18. The van der Waals surface area contributed by atoms with Crippen LogP contribution in [-0.4, -0.2) is 12.0 Å². The van der Waals surface area contributed by atoms with Crippen LogP contribution in [0.25, 0.3) is 0 Å². The molecule has 74 valence electrons. The number of aliphatic imine (C=N–C) groups is 1. The zero-order chi connectivity index (χ0) is 11.1. The quantitative estimate of drug-likeness (QED) is 0.437. The van der Waals surface area contributed by atoms with Gasteiger partial charge in [0.15, 0.2) is 0 Å². The first kappa shape index (κ1) is 10.7. The Kier molecular flexibility index (Phi) is 3.84. The minimum absolute atomic E-state index is 0.0147. The van der Waals surface area contributed by atoms with E-state index in [-0.39, 0.29) is 6.42 Å². The summed E-state index contributed by atoms with van der Waals surface area (Å²) >= 11 is 0. The number of primary amides is 1. The van der Waals surface area contributed by atoms with E-state index in [2.05, 4.69) is 16.8 Å². The van der Waals surface area contributed by atoms with Crippen LogP contribution in [-0.2, 0) is 9.59 Å². The molecular weight excluding hydrogens is 192 g/mol. The summed E-state index contributed by atoms with van der Waals surface area (Å²) in [5, 5.41) is 0. The second-order valence-electron chi connectivity index (χ2n) is 2.67. The number of nitrogens with zero attached hydrogens (tertiary/aromatic N) is 1. The Morgan fingerprint density at radius 3 is 2.80 bits per heavy atom. The normalized spacial score (nSPS) is 8.27. The van der Waals surface area contributed by atoms with Gasteiger partial charge in [0.2, 0.25) is 12.0 Å². The van der Waals surface area contributed by atoms with Gasteiger partial charge in [-0.1, -0.05) is 24.0 Å². The molecule has 0 spiro atoms. The fourth-order valence-electron chi connectivity index (χ4n) is 0.953. The molecule has 0 aromatic heterocycles. The Labute approximate surface area is 86.8 Å². The van der Waals surface area contributed by atoms with Crippen LogP contribution >= 0.6 is 0 Å². The molecule has 0 aliphatic heterocycles. The van der Waals surface area contributed by atoms with Crippen LogP contribution in [0, 0.1) is 11.8 Å². The molecule has 0 heterocycles. The lowest BCUT2D eigenvalue weighted by Crippen LogP contribution is -2.08. The predicted molar refractivity (Wildman–Crippen MR) is 54.9 cm³/mol. The highest BCUT2D eigenvalue weighted by Crippen LogP contribution is 2.16. The van der Waals surface area contributed by atoms with E-state index in [1.807, 2.05) is 0 Å². The molecule has 4 heteroatoms. The van der Waals surface area contributed by atoms with Gasteiger partial charge in [-0.2, -0.15) is 4.99 Å². The summed E-state index contributed by atoms with van der Waals surface area (Å²) in [7, 11) is 0. The van der Waals surface area contributed by atoms with Crippen molar-refractivity contribution in [2.45, 2.75) is 6.42 Å². The van der Waals surface area contributed by atoms with Crippen molar-refractivity contribution in [1.29, 1.82) is 0 Å². The number of nitrogens with two attached hydrogens (primary N) is 1. The van der Waals surface area contributed by atoms with E-state index in [0.717, 1.165) is 0 Å². The lowest BCUT2D eigenvalue weighted by atomic mass is 10.2. The molecule has 0 saturated carbocycles. The maximum absolute atomic E-state index is 10.4. The average Bonchev–Trinajstić information content (AvgIpc) is 2.20. The Balaban J connectivity index is 2.96. The largest absolute Gasteiger partial charge is 0.369 e. The van der Waals surface area contributed by atoms with Crippen molar-refractivity contribution in [3.05, 3.63) is 29.8 Å². The monoisotopic (exact) mass is 200 g/mol. The zero-order valence-electron chi connectivity index (χ0n) is 7.86. The van der Waals surface area contributed by atoms with Gasteiger partial charge in [0.25, 0.3) is 0 Å². The summed E-state index contributed by atoms with van der Waals surface area (Å²) < 4.78 is 0. The van der Waals surface area contributed by atoms with E-state index in [9.17, 15) is 9.59 Å². The molecule has 1 aromatic carbocycles. The molecule has 15 heavy (non-hydrogen) atoms. The third-order valence-electron chi connectivity index (χ3n) is 1.56. The molecule has 1 aromatic rings. The molecule has 0 unspecified atom stereocenters. The van der Waals surface area contributed by atoms with Crippen molar-refractivity contribution in [3.63, 3.8) is 0 Å². The molecule has 0 bridgehead atoms. The summed E-state index contributed by atoms with van der Waals surface area (Å²) in [4.78, 5) is 24.0. The number of amides is 1. The van der Waals surface area contributed by atoms with Gasteiger partial charge in [0, 0.05) is 0 Å². The topological polar surface area (TPSA) is 72.5 Å². The third kappa shape index (κ3) is 3.47. The van der Waals surface area contributed by atoms with Gasteiger partial charge in [-0.05, 0) is 12.1 Å². The number of hydrogen-bond acceptors (Lipinski definition) is 3. The summed E-state index contributed by atoms with van der Waals surface area (Å²) in [5.41, 5.74) is 5.93. The third-order valence-corrected chi connectivity index (χ3v) is 1.56. The van der Waals surface area contributed by atoms with Gasteiger partial charge in [-0.15, -0.1) is 0 Å².